The van der Waals surface area contributed by atoms with Crippen LogP contribution in [0.5, 0.6) is 0 Å². The third-order valence-corrected chi connectivity index (χ3v) is 4.11. The molecule has 25 heavy (non-hydrogen) atoms. The van der Waals surface area contributed by atoms with Crippen LogP contribution in [0.25, 0.3) is 0 Å². The first-order valence-electron chi connectivity index (χ1n) is 8.85. The number of benzene rings is 1. The molecule has 5 heteroatoms. The minimum Gasteiger partial charge on any atom is -0.393 e. The lowest BCUT2D eigenvalue weighted by Crippen LogP contribution is -2.51. The van der Waals surface area contributed by atoms with Gasteiger partial charge in [0.15, 0.2) is 0 Å². The second-order valence-electron chi connectivity index (χ2n) is 8.00. The fourth-order valence-electron chi connectivity index (χ4n) is 2.85. The lowest BCUT2D eigenvalue weighted by molar-refractivity contribution is -0.124. The maximum atomic E-state index is 12.6. The van der Waals surface area contributed by atoms with Crippen molar-refractivity contribution >= 4 is 11.8 Å². The number of aliphatic hydroxyl groups is 1. The summed E-state index contributed by atoms with van der Waals surface area (Å²) in [6.07, 6.45) is 0.170. The van der Waals surface area contributed by atoms with Crippen molar-refractivity contribution < 1.29 is 14.7 Å². The second kappa shape index (κ2) is 8.99. The molecule has 140 valence electrons. The predicted molar refractivity (Wildman–Crippen MR) is 100 cm³/mol. The zero-order valence-electron chi connectivity index (χ0n) is 16.2. The Balaban J connectivity index is 2.72. The summed E-state index contributed by atoms with van der Waals surface area (Å²) in [5.74, 6) is -0.482. The Morgan fingerprint density at radius 3 is 2.36 bits per heavy atom. The number of rotatable bonds is 8. The summed E-state index contributed by atoms with van der Waals surface area (Å²) >= 11 is 0. The zero-order chi connectivity index (χ0) is 19.2. The number of carbonyl (C=O) groups excluding carboxylic acids is 2. The van der Waals surface area contributed by atoms with Crippen molar-refractivity contribution in [2.45, 2.75) is 60.1 Å². The maximum absolute atomic E-state index is 12.6. The lowest BCUT2D eigenvalue weighted by atomic mass is 9.87. The van der Waals surface area contributed by atoms with Gasteiger partial charge in [-0.25, -0.2) is 0 Å². The van der Waals surface area contributed by atoms with Gasteiger partial charge in [-0.3, -0.25) is 9.59 Å². The van der Waals surface area contributed by atoms with Crippen molar-refractivity contribution in [3.63, 3.8) is 0 Å². The Hall–Kier alpha value is -1.88. The Morgan fingerprint density at radius 2 is 1.84 bits per heavy atom. The maximum Gasteiger partial charge on any atom is 0.251 e. The molecule has 0 spiro atoms. The number of hydrogen-bond acceptors (Lipinski definition) is 3. The highest BCUT2D eigenvalue weighted by Crippen LogP contribution is 2.21. The number of amides is 2. The summed E-state index contributed by atoms with van der Waals surface area (Å²) in [5, 5.41) is 15.3. The average molecular weight is 348 g/mol. The minimum atomic E-state index is -0.602. The number of carbonyl (C=O) groups is 2. The molecule has 5 nitrogen and oxygen atoms in total. The van der Waals surface area contributed by atoms with Gasteiger partial charge in [-0.15, -0.1) is 0 Å². The van der Waals surface area contributed by atoms with E-state index in [1.165, 1.54) is 0 Å². The lowest BCUT2D eigenvalue weighted by Gasteiger charge is -2.28. The molecule has 0 saturated carbocycles. The third kappa shape index (κ3) is 7.26. The van der Waals surface area contributed by atoms with Gasteiger partial charge in [0.1, 0.15) is 6.04 Å². The Morgan fingerprint density at radius 1 is 1.20 bits per heavy atom. The van der Waals surface area contributed by atoms with E-state index in [0.29, 0.717) is 18.5 Å². The average Bonchev–Trinajstić information content (AvgIpc) is 2.48. The van der Waals surface area contributed by atoms with Crippen molar-refractivity contribution in [3.8, 4) is 0 Å². The molecule has 0 heterocycles. The largest absolute Gasteiger partial charge is 0.393 e. The van der Waals surface area contributed by atoms with Gasteiger partial charge in [-0.1, -0.05) is 45.4 Å². The van der Waals surface area contributed by atoms with E-state index in [1.807, 2.05) is 46.8 Å². The van der Waals surface area contributed by atoms with Crippen LogP contribution in [0.15, 0.2) is 24.3 Å². The van der Waals surface area contributed by atoms with Crippen molar-refractivity contribution in [1.82, 2.24) is 10.6 Å². The summed E-state index contributed by atoms with van der Waals surface area (Å²) in [7, 11) is 0. The van der Waals surface area contributed by atoms with Crippen LogP contribution >= 0.6 is 0 Å². The quantitative estimate of drug-likeness (QED) is 0.676. The van der Waals surface area contributed by atoms with Gasteiger partial charge >= 0.3 is 0 Å². The van der Waals surface area contributed by atoms with Crippen molar-refractivity contribution in [1.29, 1.82) is 0 Å². The van der Waals surface area contributed by atoms with Gasteiger partial charge in [0.05, 0.1) is 6.10 Å². The van der Waals surface area contributed by atoms with Gasteiger partial charge < -0.3 is 15.7 Å². The SMILES string of the molecule is Cc1cccc(C(=O)NC(C(=O)NCC(C)(C)CC(C)O)C(C)C)c1. The van der Waals surface area contributed by atoms with E-state index in [0.717, 1.165) is 5.56 Å². The molecule has 0 radical (unpaired) electrons. The molecule has 1 aromatic carbocycles. The van der Waals surface area contributed by atoms with Crippen LogP contribution in [0.3, 0.4) is 0 Å². The first-order valence-corrected chi connectivity index (χ1v) is 8.85. The number of hydrogen-bond donors (Lipinski definition) is 3. The summed E-state index contributed by atoms with van der Waals surface area (Å²) < 4.78 is 0. The molecule has 2 amide bonds. The molecule has 3 N–H and O–H groups in total. The van der Waals surface area contributed by atoms with E-state index in [1.54, 1.807) is 19.1 Å². The van der Waals surface area contributed by atoms with Gasteiger partial charge in [-0.2, -0.15) is 0 Å². The van der Waals surface area contributed by atoms with Crippen molar-refractivity contribution in [2.75, 3.05) is 6.54 Å². The Kier molecular flexibility index (Phi) is 7.61. The fraction of sp³-hybridized carbons (Fsp3) is 0.600. The molecule has 0 bridgehead atoms. The van der Waals surface area contributed by atoms with Gasteiger partial charge in [-0.05, 0) is 43.7 Å². The van der Waals surface area contributed by atoms with Crippen LogP contribution in [0, 0.1) is 18.3 Å². The molecular formula is C20H32N2O3. The molecular weight excluding hydrogens is 316 g/mol. The molecule has 0 aliphatic carbocycles. The summed E-state index contributed by atoms with van der Waals surface area (Å²) in [4.78, 5) is 25.0. The monoisotopic (exact) mass is 348 g/mol. The van der Waals surface area contributed by atoms with Crippen LogP contribution in [-0.4, -0.2) is 35.6 Å². The minimum absolute atomic E-state index is 0.0337. The number of nitrogens with one attached hydrogen (secondary N) is 2. The molecule has 0 aliphatic rings. The van der Waals surface area contributed by atoms with Gasteiger partial charge in [0, 0.05) is 12.1 Å². The zero-order valence-corrected chi connectivity index (χ0v) is 16.2. The van der Waals surface area contributed by atoms with Gasteiger partial charge in [0.25, 0.3) is 5.91 Å². The van der Waals surface area contributed by atoms with Gasteiger partial charge in [0.2, 0.25) is 5.91 Å². The number of aliphatic hydroxyl groups excluding tert-OH is 1. The molecule has 0 fully saturated rings. The van der Waals surface area contributed by atoms with E-state index in [2.05, 4.69) is 10.6 Å². The highest BCUT2D eigenvalue weighted by molar-refractivity contribution is 5.97. The Labute approximate surface area is 151 Å². The molecule has 0 aromatic heterocycles. The fourth-order valence-corrected chi connectivity index (χ4v) is 2.85. The van der Waals surface area contributed by atoms with Crippen molar-refractivity contribution in [3.05, 3.63) is 35.4 Å². The van der Waals surface area contributed by atoms with E-state index in [9.17, 15) is 14.7 Å². The third-order valence-electron chi connectivity index (χ3n) is 4.11. The van der Waals surface area contributed by atoms with Crippen LogP contribution in [0.4, 0.5) is 0 Å². The molecule has 2 unspecified atom stereocenters. The van der Waals surface area contributed by atoms with E-state index in [-0.39, 0.29) is 23.1 Å². The van der Waals surface area contributed by atoms with E-state index >= 15 is 0 Å². The van der Waals surface area contributed by atoms with Crippen LogP contribution < -0.4 is 10.6 Å². The summed E-state index contributed by atoms with van der Waals surface area (Å²) in [6.45, 7) is 11.9. The van der Waals surface area contributed by atoms with E-state index in [4.69, 9.17) is 0 Å². The standard InChI is InChI=1S/C20H32N2O3/c1-13(2)17(19(25)21-12-20(5,6)11-15(4)23)22-18(24)16-9-7-8-14(3)10-16/h7-10,13,15,17,23H,11-12H2,1-6H3,(H,21,25)(H,22,24). The van der Waals surface area contributed by atoms with Crippen LogP contribution in [-0.2, 0) is 4.79 Å². The summed E-state index contributed by atoms with van der Waals surface area (Å²) in [5.41, 5.74) is 1.33. The smallest absolute Gasteiger partial charge is 0.251 e. The molecule has 1 aromatic rings. The van der Waals surface area contributed by atoms with Crippen LogP contribution in [0.1, 0.15) is 57.0 Å². The predicted octanol–water partition coefficient (Wildman–Crippen LogP) is 2.66. The van der Waals surface area contributed by atoms with Crippen molar-refractivity contribution in [2.24, 2.45) is 11.3 Å². The highest BCUT2D eigenvalue weighted by atomic mass is 16.3. The second-order valence-corrected chi connectivity index (χ2v) is 8.00. The highest BCUT2D eigenvalue weighted by Gasteiger charge is 2.27. The first-order chi connectivity index (χ1) is 11.5. The molecule has 0 aliphatic heterocycles. The van der Waals surface area contributed by atoms with Crippen LogP contribution in [0.2, 0.25) is 0 Å². The molecule has 1 rings (SSSR count). The topological polar surface area (TPSA) is 78.4 Å². The summed E-state index contributed by atoms with van der Waals surface area (Å²) in [6, 6.07) is 6.69. The van der Waals surface area contributed by atoms with E-state index < -0.39 is 12.1 Å². The molecule has 0 saturated heterocycles. The number of aryl methyl sites for hydroxylation is 1. The normalized spacial score (nSPS) is 14.1. The Bertz CT molecular complexity index is 594. The first kappa shape index (κ1) is 21.2. The molecule has 2 atom stereocenters.